The van der Waals surface area contributed by atoms with Gasteiger partial charge in [-0.15, -0.1) is 0 Å². The summed E-state index contributed by atoms with van der Waals surface area (Å²) in [5.41, 5.74) is 6.81. The number of aromatic nitrogens is 1. The standard InChI is InChI=1S/C24H22F2N6O3S2/c25-17-2-1-3-18(26)20(17)21(33)22-23(27)31-24(36-22)30-15-8-10-32(11-9-15)37(34,35)16-6-4-14(5-7-16)19-12-28-13-29-19/h1-7,12-13,15H,8-11,27H2,(H,28,29)(H,30,31)/p+1. The monoisotopic (exact) mass is 545 g/mol. The van der Waals surface area contributed by atoms with Gasteiger partial charge in [-0.25, -0.2) is 22.2 Å². The first-order valence-corrected chi connectivity index (χ1v) is 13.7. The summed E-state index contributed by atoms with van der Waals surface area (Å²) < 4.78 is 55.8. The number of anilines is 2. The molecule has 2 aliphatic heterocycles. The van der Waals surface area contributed by atoms with Gasteiger partial charge >= 0.3 is 0 Å². The molecule has 2 aromatic carbocycles. The average Bonchev–Trinajstić information content (AvgIpc) is 3.54. The second kappa shape index (κ2) is 10.1. The quantitative estimate of drug-likeness (QED) is 0.391. The minimum absolute atomic E-state index is 0.0630. The summed E-state index contributed by atoms with van der Waals surface area (Å²) in [4.78, 5) is 21.2. The summed E-state index contributed by atoms with van der Waals surface area (Å²) in [5, 5.41) is 5.32. The summed E-state index contributed by atoms with van der Waals surface area (Å²) >= 11 is 0.910. The number of carbonyl (C=O) groups is 1. The number of nitrogens with one attached hydrogen (secondary N) is 1. The van der Waals surface area contributed by atoms with Crippen LogP contribution in [0.25, 0.3) is 5.70 Å². The molecule has 9 nitrogen and oxygen atoms in total. The number of nitrogens with zero attached hydrogens (tertiary/aromatic N) is 3. The molecule has 5 rings (SSSR count). The molecule has 0 amide bonds. The van der Waals surface area contributed by atoms with Crippen molar-refractivity contribution >= 4 is 50.1 Å². The van der Waals surface area contributed by atoms with Crippen LogP contribution >= 0.6 is 11.3 Å². The topological polar surface area (TPSA) is 134 Å². The van der Waals surface area contributed by atoms with Crippen LogP contribution in [0.1, 0.15) is 33.6 Å². The highest BCUT2D eigenvalue weighted by molar-refractivity contribution is 7.89. The van der Waals surface area contributed by atoms with Crippen molar-refractivity contribution in [2.45, 2.75) is 23.8 Å². The van der Waals surface area contributed by atoms with E-state index in [0.29, 0.717) is 31.1 Å². The lowest BCUT2D eigenvalue weighted by Crippen LogP contribution is -2.74. The third-order valence-corrected chi connectivity index (χ3v) is 9.09. The first-order chi connectivity index (χ1) is 17.7. The largest absolute Gasteiger partial charge is 0.382 e. The van der Waals surface area contributed by atoms with Crippen LogP contribution in [0.3, 0.4) is 0 Å². The number of halogens is 2. The van der Waals surface area contributed by atoms with E-state index in [2.05, 4.69) is 15.3 Å². The van der Waals surface area contributed by atoms with Gasteiger partial charge in [-0.3, -0.25) is 10.1 Å². The first kappa shape index (κ1) is 25.1. The zero-order chi connectivity index (χ0) is 26.2. The van der Waals surface area contributed by atoms with Crippen LogP contribution in [0.15, 0.2) is 58.6 Å². The Bertz CT molecular complexity index is 1490. The van der Waals surface area contributed by atoms with Crippen LogP contribution in [-0.2, 0) is 10.0 Å². The number of aliphatic imine (C=N–C) groups is 1. The number of sulfonamides is 1. The van der Waals surface area contributed by atoms with E-state index < -0.39 is 33.0 Å². The molecule has 0 spiro atoms. The molecular weight excluding hydrogens is 522 g/mol. The number of thiazole rings is 1. The van der Waals surface area contributed by atoms with Crippen molar-refractivity contribution in [3.05, 3.63) is 76.3 Å². The molecule has 3 heterocycles. The summed E-state index contributed by atoms with van der Waals surface area (Å²) in [6.07, 6.45) is 4.53. The van der Waals surface area contributed by atoms with Crippen molar-refractivity contribution in [1.82, 2.24) is 9.29 Å². The number of nitrogens with two attached hydrogens (primary N) is 2. The van der Waals surface area contributed by atoms with Crippen LogP contribution in [0.4, 0.5) is 19.7 Å². The Labute approximate surface area is 215 Å². The van der Waals surface area contributed by atoms with Crippen molar-refractivity contribution in [2.24, 2.45) is 4.99 Å². The summed E-state index contributed by atoms with van der Waals surface area (Å²) in [5.74, 6) is -2.95. The lowest BCUT2D eigenvalue weighted by atomic mass is 10.1. The fourth-order valence-corrected chi connectivity index (χ4v) is 6.60. The second-order valence-corrected chi connectivity index (χ2v) is 11.5. The third-order valence-electron chi connectivity index (χ3n) is 6.17. The van der Waals surface area contributed by atoms with E-state index in [1.54, 1.807) is 30.6 Å². The molecule has 0 aliphatic carbocycles. The van der Waals surface area contributed by atoms with E-state index in [4.69, 9.17) is 5.73 Å². The van der Waals surface area contributed by atoms with Gasteiger partial charge < -0.3 is 11.1 Å². The lowest BCUT2D eigenvalue weighted by Gasteiger charge is -2.31. The fraction of sp³-hybridized carbons (Fsp3) is 0.208. The number of benzene rings is 2. The van der Waals surface area contributed by atoms with Gasteiger partial charge in [-0.1, -0.05) is 29.5 Å². The minimum Gasteiger partial charge on any atom is -0.382 e. The molecule has 0 saturated carbocycles. The van der Waals surface area contributed by atoms with Crippen LogP contribution < -0.4 is 16.4 Å². The Morgan fingerprint density at radius 2 is 1.78 bits per heavy atom. The van der Waals surface area contributed by atoms with Gasteiger partial charge in [0, 0.05) is 24.7 Å². The molecule has 0 bridgehead atoms. The SMILES string of the molecule is Nc1nc(NC2CCN(S(=O)(=O)c3ccc(C4=C[NH2+]C=N4)cc3)CC2)sc1C(=O)c1c(F)cccc1F. The number of quaternary nitrogens is 1. The molecule has 1 fully saturated rings. The molecule has 1 aromatic heterocycles. The molecule has 37 heavy (non-hydrogen) atoms. The molecular formula is C24H23F2N6O3S2+. The Kier molecular flexibility index (Phi) is 6.86. The molecule has 5 N–H and O–H groups in total. The van der Waals surface area contributed by atoms with Crippen molar-refractivity contribution in [2.75, 3.05) is 24.1 Å². The third kappa shape index (κ3) is 5.03. The van der Waals surface area contributed by atoms with Gasteiger partial charge in [-0.2, -0.15) is 9.30 Å². The highest BCUT2D eigenvalue weighted by atomic mass is 32.2. The Balaban J connectivity index is 1.22. The van der Waals surface area contributed by atoms with E-state index in [9.17, 15) is 22.0 Å². The number of rotatable bonds is 7. The van der Waals surface area contributed by atoms with Crippen LogP contribution in [-0.4, -0.2) is 49.0 Å². The molecule has 2 aliphatic rings. The predicted octanol–water partition coefficient (Wildman–Crippen LogP) is 2.40. The molecule has 192 valence electrons. The fourth-order valence-electron chi connectivity index (χ4n) is 4.22. The summed E-state index contributed by atoms with van der Waals surface area (Å²) in [6, 6.07) is 9.71. The molecule has 0 radical (unpaired) electrons. The smallest absolute Gasteiger partial charge is 0.243 e. The van der Waals surface area contributed by atoms with E-state index in [1.165, 1.54) is 10.4 Å². The van der Waals surface area contributed by atoms with E-state index in [-0.39, 0.29) is 21.6 Å². The maximum atomic E-state index is 14.0. The number of carbonyl (C=O) groups excluding carboxylic acids is 1. The summed E-state index contributed by atoms with van der Waals surface area (Å²) in [7, 11) is -3.66. The summed E-state index contributed by atoms with van der Waals surface area (Å²) in [6.45, 7) is 0.582. The van der Waals surface area contributed by atoms with Gasteiger partial charge in [0.1, 0.15) is 34.2 Å². The number of hydrogen-bond donors (Lipinski definition) is 3. The molecule has 0 unspecified atom stereocenters. The van der Waals surface area contributed by atoms with Crippen molar-refractivity contribution in [3.8, 4) is 0 Å². The highest BCUT2D eigenvalue weighted by Gasteiger charge is 2.30. The van der Waals surface area contributed by atoms with Gasteiger partial charge in [0.25, 0.3) is 0 Å². The molecule has 13 heteroatoms. The zero-order valence-corrected chi connectivity index (χ0v) is 21.0. The maximum absolute atomic E-state index is 14.0. The van der Waals surface area contributed by atoms with Crippen molar-refractivity contribution < 1.29 is 27.3 Å². The number of piperidine rings is 1. The van der Waals surface area contributed by atoms with E-state index in [0.717, 1.165) is 34.7 Å². The Morgan fingerprint density at radius 3 is 2.41 bits per heavy atom. The maximum Gasteiger partial charge on any atom is 0.243 e. The number of hydrogen-bond acceptors (Lipinski definition) is 8. The van der Waals surface area contributed by atoms with Crippen molar-refractivity contribution in [1.29, 1.82) is 0 Å². The Morgan fingerprint density at radius 1 is 1.11 bits per heavy atom. The van der Waals surface area contributed by atoms with Gasteiger partial charge in [0.15, 0.2) is 11.5 Å². The number of nitrogen functional groups attached to an aromatic ring is 1. The predicted molar refractivity (Wildman–Crippen MR) is 137 cm³/mol. The van der Waals surface area contributed by atoms with Crippen LogP contribution in [0.2, 0.25) is 0 Å². The van der Waals surface area contributed by atoms with Gasteiger partial charge in [0.2, 0.25) is 15.8 Å². The average molecular weight is 546 g/mol. The molecule has 0 atom stereocenters. The minimum atomic E-state index is -3.66. The van der Waals surface area contributed by atoms with Crippen LogP contribution in [0, 0.1) is 11.6 Å². The van der Waals surface area contributed by atoms with E-state index in [1.807, 2.05) is 11.5 Å². The van der Waals surface area contributed by atoms with Gasteiger partial charge in [0.05, 0.1) is 10.5 Å². The zero-order valence-electron chi connectivity index (χ0n) is 19.4. The molecule has 1 saturated heterocycles. The van der Waals surface area contributed by atoms with Crippen LogP contribution in [0.5, 0.6) is 0 Å². The van der Waals surface area contributed by atoms with Crippen molar-refractivity contribution in [3.63, 3.8) is 0 Å². The normalized spacial score (nSPS) is 16.6. The Hall–Kier alpha value is -3.52. The molecule has 3 aromatic rings. The number of ketones is 1. The second-order valence-electron chi connectivity index (χ2n) is 8.53. The first-order valence-electron chi connectivity index (χ1n) is 11.4. The lowest BCUT2D eigenvalue weighted by molar-refractivity contribution is -0.446. The van der Waals surface area contributed by atoms with E-state index >= 15 is 0 Å². The van der Waals surface area contributed by atoms with Gasteiger partial charge in [-0.05, 0) is 37.1 Å². The highest BCUT2D eigenvalue weighted by Crippen LogP contribution is 2.31.